The second-order valence-corrected chi connectivity index (χ2v) is 6.01. The molecule has 0 spiro atoms. The highest BCUT2D eigenvalue weighted by molar-refractivity contribution is 5.45. The number of aryl methyl sites for hydroxylation is 4. The maximum absolute atomic E-state index is 9.68. The van der Waals surface area contributed by atoms with Crippen molar-refractivity contribution in [1.82, 2.24) is 0 Å². The fourth-order valence-corrected chi connectivity index (χ4v) is 3.09. The summed E-state index contributed by atoms with van der Waals surface area (Å²) in [5.74, 6) is 0.592. The lowest BCUT2D eigenvalue weighted by atomic mass is 9.87. The summed E-state index contributed by atoms with van der Waals surface area (Å²) in [4.78, 5) is 0. The molecular formula is C20H23NO. The summed E-state index contributed by atoms with van der Waals surface area (Å²) in [5, 5.41) is 9.68. The summed E-state index contributed by atoms with van der Waals surface area (Å²) in [6.07, 6.45) is 0.717. The van der Waals surface area contributed by atoms with E-state index >= 15 is 0 Å². The van der Waals surface area contributed by atoms with Crippen LogP contribution < -0.4 is 4.74 Å². The van der Waals surface area contributed by atoms with Gasteiger partial charge in [0.15, 0.2) is 0 Å². The zero-order chi connectivity index (χ0) is 16.3. The highest BCUT2D eigenvalue weighted by Crippen LogP contribution is 2.31. The molecule has 0 aliphatic heterocycles. The van der Waals surface area contributed by atoms with Crippen molar-refractivity contribution in [3.05, 3.63) is 63.7 Å². The molecule has 0 N–H and O–H groups in total. The Morgan fingerprint density at radius 2 is 1.64 bits per heavy atom. The third-order valence-corrected chi connectivity index (χ3v) is 4.17. The summed E-state index contributed by atoms with van der Waals surface area (Å²) >= 11 is 0. The summed E-state index contributed by atoms with van der Waals surface area (Å²) in [5.41, 5.74) is 7.16. The van der Waals surface area contributed by atoms with Gasteiger partial charge in [0.25, 0.3) is 0 Å². The van der Waals surface area contributed by atoms with E-state index in [2.05, 4.69) is 45.0 Å². The molecule has 0 heterocycles. The Bertz CT molecular complexity index is 702. The minimum atomic E-state index is -0.199. The molecule has 2 rings (SSSR count). The van der Waals surface area contributed by atoms with Crippen molar-refractivity contribution in [1.29, 1.82) is 5.26 Å². The molecule has 1 unspecified atom stereocenters. The van der Waals surface area contributed by atoms with Crippen molar-refractivity contribution in [3.8, 4) is 11.8 Å². The van der Waals surface area contributed by atoms with Crippen LogP contribution in [-0.2, 0) is 6.42 Å². The molecule has 2 heteroatoms. The quantitative estimate of drug-likeness (QED) is 0.812. The van der Waals surface area contributed by atoms with Crippen LogP contribution in [0.15, 0.2) is 30.3 Å². The number of hydrogen-bond donors (Lipinski definition) is 0. The van der Waals surface area contributed by atoms with Gasteiger partial charge in [0.05, 0.1) is 19.1 Å². The minimum absolute atomic E-state index is 0.199. The van der Waals surface area contributed by atoms with Gasteiger partial charge in [-0.15, -0.1) is 0 Å². The fraction of sp³-hybridized carbons (Fsp3) is 0.350. The summed E-state index contributed by atoms with van der Waals surface area (Å²) in [6.45, 7) is 8.39. The largest absolute Gasteiger partial charge is 0.496 e. The normalized spacial score (nSPS) is 11.8. The van der Waals surface area contributed by atoms with E-state index in [9.17, 15) is 5.26 Å². The first kappa shape index (κ1) is 16.1. The third kappa shape index (κ3) is 3.31. The van der Waals surface area contributed by atoms with Crippen molar-refractivity contribution in [2.75, 3.05) is 7.11 Å². The Kier molecular flexibility index (Phi) is 4.88. The Labute approximate surface area is 133 Å². The van der Waals surface area contributed by atoms with Gasteiger partial charge in [-0.25, -0.2) is 0 Å². The maximum atomic E-state index is 9.68. The summed E-state index contributed by atoms with van der Waals surface area (Å²) in [6, 6.07) is 12.8. The standard InChI is InChI=1S/C20H23NO/c1-13-6-7-20(22-5)19(10-13)17(12-21)11-18-15(3)8-14(2)9-16(18)4/h6-10,17H,11H2,1-5H3. The van der Waals surface area contributed by atoms with Crippen molar-refractivity contribution >= 4 is 0 Å². The molecule has 0 amide bonds. The van der Waals surface area contributed by atoms with E-state index in [0.717, 1.165) is 16.9 Å². The van der Waals surface area contributed by atoms with Crippen LogP contribution in [0.4, 0.5) is 0 Å². The molecule has 2 nitrogen and oxygen atoms in total. The number of nitriles is 1. The van der Waals surface area contributed by atoms with Crippen LogP contribution in [0.2, 0.25) is 0 Å². The zero-order valence-corrected chi connectivity index (χ0v) is 14.0. The Hall–Kier alpha value is -2.27. The summed E-state index contributed by atoms with van der Waals surface area (Å²) < 4.78 is 5.45. The lowest BCUT2D eigenvalue weighted by Gasteiger charge is -2.18. The highest BCUT2D eigenvalue weighted by atomic mass is 16.5. The van der Waals surface area contributed by atoms with Crippen molar-refractivity contribution in [2.24, 2.45) is 0 Å². The average Bonchev–Trinajstić information content (AvgIpc) is 2.46. The van der Waals surface area contributed by atoms with Crippen LogP contribution in [0.25, 0.3) is 0 Å². The van der Waals surface area contributed by atoms with Gasteiger partial charge in [-0.05, 0) is 56.9 Å². The second kappa shape index (κ2) is 6.66. The molecule has 2 aromatic carbocycles. The van der Waals surface area contributed by atoms with Crippen LogP contribution in [0.1, 0.15) is 39.3 Å². The van der Waals surface area contributed by atoms with Crippen LogP contribution >= 0.6 is 0 Å². The molecule has 1 atom stereocenters. The van der Waals surface area contributed by atoms with Crippen molar-refractivity contribution < 1.29 is 4.74 Å². The molecule has 0 saturated carbocycles. The maximum Gasteiger partial charge on any atom is 0.123 e. The number of nitrogens with zero attached hydrogens (tertiary/aromatic N) is 1. The lowest BCUT2D eigenvalue weighted by molar-refractivity contribution is 0.408. The van der Waals surface area contributed by atoms with Gasteiger partial charge in [0.2, 0.25) is 0 Å². The topological polar surface area (TPSA) is 33.0 Å². The van der Waals surface area contributed by atoms with E-state index in [-0.39, 0.29) is 5.92 Å². The molecule has 0 aliphatic rings. The van der Waals surface area contributed by atoms with E-state index in [0.29, 0.717) is 6.42 Å². The first-order valence-electron chi connectivity index (χ1n) is 7.57. The van der Waals surface area contributed by atoms with Crippen LogP contribution in [0.3, 0.4) is 0 Å². The summed E-state index contributed by atoms with van der Waals surface area (Å²) in [7, 11) is 1.66. The zero-order valence-electron chi connectivity index (χ0n) is 14.0. The SMILES string of the molecule is COc1ccc(C)cc1C(C#N)Cc1c(C)cc(C)cc1C. The average molecular weight is 293 g/mol. The third-order valence-electron chi connectivity index (χ3n) is 4.17. The van der Waals surface area contributed by atoms with Crippen molar-refractivity contribution in [2.45, 2.75) is 40.0 Å². The Balaban J connectivity index is 2.43. The van der Waals surface area contributed by atoms with Crippen molar-refractivity contribution in [3.63, 3.8) is 0 Å². The van der Waals surface area contributed by atoms with E-state index < -0.39 is 0 Å². The number of methoxy groups -OCH3 is 1. The van der Waals surface area contributed by atoms with Crippen LogP contribution in [0, 0.1) is 39.0 Å². The van der Waals surface area contributed by atoms with Crippen LogP contribution in [0.5, 0.6) is 5.75 Å². The predicted molar refractivity (Wildman–Crippen MR) is 90.4 cm³/mol. The molecule has 0 saturated heterocycles. The Morgan fingerprint density at radius 1 is 1.00 bits per heavy atom. The van der Waals surface area contributed by atoms with Gasteiger partial charge < -0.3 is 4.74 Å². The molecule has 114 valence electrons. The molecule has 0 fully saturated rings. The monoisotopic (exact) mass is 293 g/mol. The second-order valence-electron chi connectivity index (χ2n) is 6.01. The highest BCUT2D eigenvalue weighted by Gasteiger charge is 2.18. The van der Waals surface area contributed by atoms with E-state index in [1.54, 1.807) is 7.11 Å². The number of hydrogen-bond acceptors (Lipinski definition) is 2. The van der Waals surface area contributed by atoms with Gasteiger partial charge >= 0.3 is 0 Å². The van der Waals surface area contributed by atoms with Gasteiger partial charge in [0.1, 0.15) is 5.75 Å². The first-order valence-corrected chi connectivity index (χ1v) is 7.57. The lowest BCUT2D eigenvalue weighted by Crippen LogP contribution is -2.06. The molecule has 2 aromatic rings. The number of ether oxygens (including phenoxy) is 1. The van der Waals surface area contributed by atoms with E-state index in [4.69, 9.17) is 4.74 Å². The molecule has 0 bridgehead atoms. The molecule has 22 heavy (non-hydrogen) atoms. The predicted octanol–water partition coefficient (Wildman–Crippen LogP) is 4.78. The van der Waals surface area contributed by atoms with Gasteiger partial charge in [-0.1, -0.05) is 35.4 Å². The van der Waals surface area contributed by atoms with E-state index in [1.165, 1.54) is 22.3 Å². The molecule has 0 aromatic heterocycles. The van der Waals surface area contributed by atoms with Gasteiger partial charge in [-0.2, -0.15) is 5.26 Å². The Morgan fingerprint density at radius 3 is 2.18 bits per heavy atom. The minimum Gasteiger partial charge on any atom is -0.496 e. The number of benzene rings is 2. The smallest absolute Gasteiger partial charge is 0.123 e. The van der Waals surface area contributed by atoms with Gasteiger partial charge in [-0.3, -0.25) is 0 Å². The van der Waals surface area contributed by atoms with Crippen LogP contribution in [-0.4, -0.2) is 7.11 Å². The fourth-order valence-electron chi connectivity index (χ4n) is 3.09. The van der Waals surface area contributed by atoms with Gasteiger partial charge in [0, 0.05) is 5.56 Å². The number of rotatable bonds is 4. The van der Waals surface area contributed by atoms with E-state index in [1.807, 2.05) is 19.1 Å². The molecule has 0 radical (unpaired) electrons. The molecule has 0 aliphatic carbocycles. The molecular weight excluding hydrogens is 270 g/mol. The first-order chi connectivity index (χ1) is 10.5.